The molecule has 1 saturated heterocycles. The highest BCUT2D eigenvalue weighted by Gasteiger charge is 2.39. The number of carbonyl (C=O) groups excluding carboxylic acids is 3. The molecule has 0 unspecified atom stereocenters. The molecule has 0 bridgehead atoms. The summed E-state index contributed by atoms with van der Waals surface area (Å²) in [5, 5.41) is 2.57. The normalized spacial score (nSPS) is 17.5. The van der Waals surface area contributed by atoms with Crippen LogP contribution in [0.1, 0.15) is 44.2 Å². The van der Waals surface area contributed by atoms with Gasteiger partial charge in [-0.25, -0.2) is 9.59 Å². The molecule has 1 aromatic rings. The second-order valence-electron chi connectivity index (χ2n) is 6.19. The number of hydrogen-bond donors (Lipinski definition) is 1. The summed E-state index contributed by atoms with van der Waals surface area (Å²) >= 11 is 0. The van der Waals surface area contributed by atoms with Crippen molar-refractivity contribution in [1.82, 2.24) is 10.2 Å². The van der Waals surface area contributed by atoms with E-state index in [2.05, 4.69) is 10.1 Å². The van der Waals surface area contributed by atoms with Gasteiger partial charge in [-0.3, -0.25) is 4.79 Å². The number of rotatable bonds is 7. The Kier molecular flexibility index (Phi) is 7.44. The molecule has 1 fully saturated rings. The van der Waals surface area contributed by atoms with Gasteiger partial charge in [-0.05, 0) is 24.8 Å². The highest BCUT2D eigenvalue weighted by Crippen LogP contribution is 2.24. The summed E-state index contributed by atoms with van der Waals surface area (Å²) in [6, 6.07) is 7.39. The van der Waals surface area contributed by atoms with Crippen LogP contribution in [-0.4, -0.2) is 49.2 Å². The highest BCUT2D eigenvalue weighted by molar-refractivity contribution is 5.91. The van der Waals surface area contributed by atoms with E-state index in [0.717, 1.165) is 19.3 Å². The zero-order valence-electron chi connectivity index (χ0n) is 15.3. The number of likely N-dealkylation sites (tertiary alicyclic amines) is 1. The third-order valence-electron chi connectivity index (χ3n) is 4.38. The molecule has 2 atom stereocenters. The summed E-state index contributed by atoms with van der Waals surface area (Å²) in [6.45, 7) is 2.83. The van der Waals surface area contributed by atoms with Crippen molar-refractivity contribution < 1.29 is 23.9 Å². The molecule has 142 valence electrons. The molecule has 1 N–H and O–H groups in total. The fraction of sp³-hybridized carbons (Fsp3) is 0.526. The van der Waals surface area contributed by atoms with Gasteiger partial charge in [-0.15, -0.1) is 0 Å². The minimum Gasteiger partial charge on any atom is -0.464 e. The largest absolute Gasteiger partial charge is 0.464 e. The van der Waals surface area contributed by atoms with Gasteiger partial charge in [0.2, 0.25) is 0 Å². The van der Waals surface area contributed by atoms with Crippen molar-refractivity contribution in [2.45, 2.75) is 44.7 Å². The molecule has 0 saturated carbocycles. The van der Waals surface area contributed by atoms with E-state index in [-0.39, 0.29) is 11.9 Å². The van der Waals surface area contributed by atoms with Crippen LogP contribution < -0.4 is 5.32 Å². The molecule has 2 rings (SSSR count). The molecule has 26 heavy (non-hydrogen) atoms. The fourth-order valence-electron chi connectivity index (χ4n) is 2.96. The molecule has 7 heteroatoms. The molecule has 1 heterocycles. The van der Waals surface area contributed by atoms with Crippen molar-refractivity contribution in [1.29, 1.82) is 0 Å². The summed E-state index contributed by atoms with van der Waals surface area (Å²) in [5.74, 6) is -0.717. The van der Waals surface area contributed by atoms with E-state index in [4.69, 9.17) is 4.74 Å². The van der Waals surface area contributed by atoms with Crippen LogP contribution in [0.4, 0.5) is 4.79 Å². The number of esters is 1. The molecule has 0 radical (unpaired) electrons. The molecule has 0 aromatic heterocycles. The Labute approximate surface area is 153 Å². The molecule has 1 aliphatic heterocycles. The number of nitrogens with one attached hydrogen (secondary N) is 1. The Morgan fingerprint density at radius 1 is 1.27 bits per heavy atom. The van der Waals surface area contributed by atoms with E-state index in [0.29, 0.717) is 25.1 Å². The Hall–Kier alpha value is -2.57. The number of methoxy groups -OCH3 is 1. The SMILES string of the molecule is CCCCOC(=O)[C@@H]1CCCN1C(=O)[C@H](NC(=O)OC)c1ccccc1. The average Bonchev–Trinajstić information content (AvgIpc) is 3.16. The van der Waals surface area contributed by atoms with E-state index < -0.39 is 18.2 Å². The number of benzene rings is 1. The van der Waals surface area contributed by atoms with Crippen molar-refractivity contribution in [3.8, 4) is 0 Å². The molecular formula is C19H26N2O5. The smallest absolute Gasteiger partial charge is 0.407 e. The van der Waals surface area contributed by atoms with Crippen LogP contribution in [0.15, 0.2) is 30.3 Å². The van der Waals surface area contributed by atoms with Crippen molar-refractivity contribution in [2.75, 3.05) is 20.3 Å². The van der Waals surface area contributed by atoms with Crippen LogP contribution in [0.2, 0.25) is 0 Å². The lowest BCUT2D eigenvalue weighted by Gasteiger charge is -2.28. The molecular weight excluding hydrogens is 336 g/mol. The van der Waals surface area contributed by atoms with E-state index in [1.165, 1.54) is 12.0 Å². The fourth-order valence-corrected chi connectivity index (χ4v) is 2.96. The molecule has 1 aromatic carbocycles. The van der Waals surface area contributed by atoms with Crippen molar-refractivity contribution in [3.63, 3.8) is 0 Å². The number of ether oxygens (including phenoxy) is 2. The first-order valence-electron chi connectivity index (χ1n) is 8.95. The summed E-state index contributed by atoms with van der Waals surface area (Å²) in [7, 11) is 1.24. The standard InChI is InChI=1S/C19H26N2O5/c1-3-4-13-26-18(23)15-11-8-12-21(15)17(22)16(20-19(24)25-2)14-9-6-5-7-10-14/h5-7,9-10,15-16H,3-4,8,11-13H2,1-2H3,(H,20,24)/t15-,16+/m0/s1. The number of nitrogens with zero attached hydrogens (tertiary/aromatic N) is 1. The number of alkyl carbamates (subject to hydrolysis) is 1. The minimum atomic E-state index is -0.910. The van der Waals surface area contributed by atoms with Crippen LogP contribution in [0.25, 0.3) is 0 Å². The first kappa shape index (κ1) is 19.8. The van der Waals surface area contributed by atoms with Crippen molar-refractivity contribution >= 4 is 18.0 Å². The van der Waals surface area contributed by atoms with Crippen LogP contribution in [0, 0.1) is 0 Å². The van der Waals surface area contributed by atoms with Gasteiger partial charge < -0.3 is 19.7 Å². The zero-order valence-corrected chi connectivity index (χ0v) is 15.3. The van der Waals surface area contributed by atoms with Gasteiger partial charge in [0, 0.05) is 6.54 Å². The van der Waals surface area contributed by atoms with Gasteiger partial charge in [0.25, 0.3) is 5.91 Å². The molecule has 2 amide bonds. The van der Waals surface area contributed by atoms with Crippen molar-refractivity contribution in [3.05, 3.63) is 35.9 Å². The lowest BCUT2D eigenvalue weighted by atomic mass is 10.1. The Morgan fingerprint density at radius 3 is 2.65 bits per heavy atom. The minimum absolute atomic E-state index is 0.337. The Morgan fingerprint density at radius 2 is 2.00 bits per heavy atom. The monoisotopic (exact) mass is 362 g/mol. The van der Waals surface area contributed by atoms with Gasteiger partial charge in [-0.1, -0.05) is 43.7 Å². The summed E-state index contributed by atoms with van der Waals surface area (Å²) in [6.07, 6.45) is 2.31. The Balaban J connectivity index is 2.15. The second kappa shape index (κ2) is 9.79. The highest BCUT2D eigenvalue weighted by atomic mass is 16.5. The molecule has 0 spiro atoms. The maximum absolute atomic E-state index is 13.1. The lowest BCUT2D eigenvalue weighted by molar-refractivity contribution is -0.154. The lowest BCUT2D eigenvalue weighted by Crippen LogP contribution is -2.47. The topological polar surface area (TPSA) is 84.9 Å². The predicted octanol–water partition coefficient (Wildman–Crippen LogP) is 2.42. The molecule has 7 nitrogen and oxygen atoms in total. The van der Waals surface area contributed by atoms with Gasteiger partial charge >= 0.3 is 12.1 Å². The Bertz CT molecular complexity index is 620. The average molecular weight is 362 g/mol. The van der Waals surface area contributed by atoms with Gasteiger partial charge in [-0.2, -0.15) is 0 Å². The van der Waals surface area contributed by atoms with Crippen LogP contribution in [0.5, 0.6) is 0 Å². The molecule has 1 aliphatic rings. The predicted molar refractivity (Wildman–Crippen MR) is 95.3 cm³/mol. The summed E-state index contributed by atoms with van der Waals surface area (Å²) < 4.78 is 9.93. The van der Waals surface area contributed by atoms with Crippen molar-refractivity contribution in [2.24, 2.45) is 0 Å². The zero-order chi connectivity index (χ0) is 18.9. The molecule has 0 aliphatic carbocycles. The number of unbranched alkanes of at least 4 members (excludes halogenated alkanes) is 1. The van der Waals surface area contributed by atoms with E-state index in [9.17, 15) is 14.4 Å². The van der Waals surface area contributed by atoms with E-state index >= 15 is 0 Å². The summed E-state index contributed by atoms with van der Waals surface area (Å²) in [4.78, 5) is 38.6. The van der Waals surface area contributed by atoms with Crippen LogP contribution >= 0.6 is 0 Å². The summed E-state index contributed by atoms with van der Waals surface area (Å²) in [5.41, 5.74) is 0.632. The van der Waals surface area contributed by atoms with Crippen LogP contribution in [0.3, 0.4) is 0 Å². The number of carbonyl (C=O) groups is 3. The second-order valence-corrected chi connectivity index (χ2v) is 6.19. The quantitative estimate of drug-likeness (QED) is 0.595. The first-order valence-corrected chi connectivity index (χ1v) is 8.95. The van der Waals surface area contributed by atoms with E-state index in [1.807, 2.05) is 13.0 Å². The van der Waals surface area contributed by atoms with Gasteiger partial charge in [0.1, 0.15) is 12.1 Å². The van der Waals surface area contributed by atoms with Gasteiger partial charge in [0.15, 0.2) is 0 Å². The first-order chi connectivity index (χ1) is 12.6. The number of amides is 2. The maximum Gasteiger partial charge on any atom is 0.407 e. The maximum atomic E-state index is 13.1. The third-order valence-corrected chi connectivity index (χ3v) is 4.38. The third kappa shape index (κ3) is 4.97. The number of hydrogen-bond acceptors (Lipinski definition) is 5. The van der Waals surface area contributed by atoms with Gasteiger partial charge in [0.05, 0.1) is 13.7 Å². The van der Waals surface area contributed by atoms with E-state index in [1.54, 1.807) is 24.3 Å². The van der Waals surface area contributed by atoms with Crippen LogP contribution in [-0.2, 0) is 19.1 Å².